The molecule has 8 heteroatoms. The third-order valence-electron chi connectivity index (χ3n) is 5.25. The third-order valence-corrected chi connectivity index (χ3v) is 5.25. The number of hydrogen-bond donors (Lipinski definition) is 3. The van der Waals surface area contributed by atoms with Crippen LogP contribution in [0.2, 0.25) is 0 Å². The molecule has 2 aliphatic heterocycles. The highest BCUT2D eigenvalue weighted by Gasteiger charge is 2.37. The van der Waals surface area contributed by atoms with Crippen LogP contribution < -0.4 is 15.4 Å². The minimum absolute atomic E-state index is 0.0742. The van der Waals surface area contributed by atoms with Crippen LogP contribution in [0.25, 0.3) is 0 Å². The Hall–Kier alpha value is -2.61. The van der Waals surface area contributed by atoms with E-state index in [9.17, 15) is 19.5 Å². The molecule has 1 atom stereocenters. The fourth-order valence-electron chi connectivity index (χ4n) is 3.75. The summed E-state index contributed by atoms with van der Waals surface area (Å²) in [6.07, 6.45) is 1.71. The minimum Gasteiger partial charge on any atom is -0.493 e. The van der Waals surface area contributed by atoms with Crippen LogP contribution in [-0.4, -0.2) is 53.7 Å². The number of aliphatic hydroxyl groups excluding tert-OH is 1. The van der Waals surface area contributed by atoms with Gasteiger partial charge < -0.3 is 20.5 Å². The van der Waals surface area contributed by atoms with Gasteiger partial charge in [-0.15, -0.1) is 0 Å². The highest BCUT2D eigenvalue weighted by molar-refractivity contribution is 6.04. The lowest BCUT2D eigenvalue weighted by Crippen LogP contribution is -2.46. The minimum atomic E-state index is -0.546. The molecule has 1 aromatic carbocycles. The van der Waals surface area contributed by atoms with E-state index in [-0.39, 0.29) is 31.2 Å². The molecule has 0 bridgehead atoms. The molecule has 1 saturated carbocycles. The van der Waals surface area contributed by atoms with Gasteiger partial charge in [0.05, 0.1) is 25.3 Å². The van der Waals surface area contributed by atoms with Crippen molar-refractivity contribution in [2.75, 3.05) is 19.7 Å². The highest BCUT2D eigenvalue weighted by Crippen LogP contribution is 2.39. The van der Waals surface area contributed by atoms with Gasteiger partial charge in [-0.1, -0.05) is 6.07 Å². The summed E-state index contributed by atoms with van der Waals surface area (Å²) < 4.78 is 5.53. The Balaban J connectivity index is 1.49. The van der Waals surface area contributed by atoms with Crippen molar-refractivity contribution in [2.45, 2.75) is 31.4 Å². The van der Waals surface area contributed by atoms with Crippen molar-refractivity contribution >= 4 is 17.8 Å². The molecule has 0 aromatic heterocycles. The summed E-state index contributed by atoms with van der Waals surface area (Å²) in [5.74, 6) is 0.193. The molecule has 26 heavy (non-hydrogen) atoms. The van der Waals surface area contributed by atoms with E-state index in [1.165, 1.54) is 0 Å². The van der Waals surface area contributed by atoms with Gasteiger partial charge in [0.15, 0.2) is 0 Å². The molecule has 2 heterocycles. The van der Waals surface area contributed by atoms with E-state index in [1.54, 1.807) is 0 Å². The molecule has 2 fully saturated rings. The molecule has 138 valence electrons. The number of carbonyl (C=O) groups excluding carboxylic acids is 3. The second-order valence-corrected chi connectivity index (χ2v) is 7.03. The zero-order chi connectivity index (χ0) is 18.3. The van der Waals surface area contributed by atoms with E-state index >= 15 is 0 Å². The molecule has 4 rings (SSSR count). The number of aliphatic hydroxyl groups is 1. The molecule has 4 amide bonds. The maximum absolute atomic E-state index is 12.5. The van der Waals surface area contributed by atoms with Crippen LogP contribution in [-0.2, 0) is 16.0 Å². The molecule has 0 spiro atoms. The summed E-state index contributed by atoms with van der Waals surface area (Å²) in [7, 11) is 0. The van der Waals surface area contributed by atoms with Crippen LogP contribution in [0.4, 0.5) is 4.79 Å². The number of imide groups is 1. The van der Waals surface area contributed by atoms with Crippen molar-refractivity contribution in [2.24, 2.45) is 5.92 Å². The number of hydrogen-bond acceptors (Lipinski definition) is 5. The number of nitrogens with zero attached hydrogens (tertiary/aromatic N) is 1. The van der Waals surface area contributed by atoms with E-state index in [1.807, 2.05) is 18.2 Å². The van der Waals surface area contributed by atoms with Crippen LogP contribution in [0.15, 0.2) is 18.2 Å². The van der Waals surface area contributed by atoms with E-state index in [4.69, 9.17) is 4.74 Å². The fourth-order valence-corrected chi connectivity index (χ4v) is 3.75. The maximum atomic E-state index is 12.5. The molecule has 1 aliphatic carbocycles. The van der Waals surface area contributed by atoms with E-state index in [0.29, 0.717) is 19.4 Å². The number of urea groups is 1. The zero-order valence-electron chi connectivity index (χ0n) is 14.2. The average Bonchev–Trinajstić information content (AvgIpc) is 3.18. The molecular formula is C18H21N3O5. The largest absolute Gasteiger partial charge is 0.493 e. The second kappa shape index (κ2) is 6.60. The molecule has 1 aromatic rings. The van der Waals surface area contributed by atoms with Gasteiger partial charge in [0.25, 0.3) is 5.91 Å². The Morgan fingerprint density at radius 3 is 2.88 bits per heavy atom. The van der Waals surface area contributed by atoms with Gasteiger partial charge in [0.2, 0.25) is 5.91 Å². The first kappa shape index (κ1) is 16.8. The van der Waals surface area contributed by atoms with Crippen LogP contribution in [0.1, 0.15) is 30.0 Å². The summed E-state index contributed by atoms with van der Waals surface area (Å²) in [5, 5.41) is 15.0. The average molecular weight is 359 g/mol. The number of rotatable bonds is 5. The molecule has 3 aliphatic rings. The van der Waals surface area contributed by atoms with Gasteiger partial charge in [-0.3, -0.25) is 14.5 Å². The second-order valence-electron chi connectivity index (χ2n) is 7.03. The lowest BCUT2D eigenvalue weighted by molar-refractivity contribution is -0.131. The third kappa shape index (κ3) is 3.12. The van der Waals surface area contributed by atoms with Gasteiger partial charge >= 0.3 is 6.03 Å². The summed E-state index contributed by atoms with van der Waals surface area (Å²) >= 11 is 0. The summed E-state index contributed by atoms with van der Waals surface area (Å²) in [5.41, 5.74) is 2.06. The maximum Gasteiger partial charge on any atom is 0.325 e. The van der Waals surface area contributed by atoms with Crippen molar-refractivity contribution in [3.8, 4) is 5.75 Å². The number of amides is 4. The smallest absolute Gasteiger partial charge is 0.325 e. The lowest BCUT2D eigenvalue weighted by atomic mass is 9.75. The monoisotopic (exact) mass is 359 g/mol. The number of fused-ring (bicyclic) bond motifs is 1. The Bertz CT molecular complexity index is 743. The van der Waals surface area contributed by atoms with Crippen molar-refractivity contribution in [1.29, 1.82) is 0 Å². The molecule has 0 unspecified atom stereocenters. The first-order valence-electron chi connectivity index (χ1n) is 8.82. The quantitative estimate of drug-likeness (QED) is 0.647. The highest BCUT2D eigenvalue weighted by atomic mass is 16.5. The van der Waals surface area contributed by atoms with E-state index in [2.05, 4.69) is 10.6 Å². The van der Waals surface area contributed by atoms with Crippen LogP contribution in [0.5, 0.6) is 5.75 Å². The van der Waals surface area contributed by atoms with Crippen molar-refractivity contribution < 1.29 is 24.2 Å². The Morgan fingerprint density at radius 2 is 2.19 bits per heavy atom. The van der Waals surface area contributed by atoms with Crippen molar-refractivity contribution in [3.63, 3.8) is 0 Å². The van der Waals surface area contributed by atoms with Gasteiger partial charge in [-0.2, -0.15) is 0 Å². The van der Waals surface area contributed by atoms with Crippen LogP contribution in [0.3, 0.4) is 0 Å². The Labute approximate surface area is 150 Å². The molecule has 0 radical (unpaired) electrons. The molecule has 3 N–H and O–H groups in total. The topological polar surface area (TPSA) is 108 Å². The summed E-state index contributed by atoms with van der Waals surface area (Å²) in [6.45, 7) is 0.282. The normalized spacial score (nSPS) is 25.2. The predicted molar refractivity (Wildman–Crippen MR) is 90.4 cm³/mol. The Kier molecular flexibility index (Phi) is 4.28. The number of carbonyl (C=O) groups is 3. The zero-order valence-corrected chi connectivity index (χ0v) is 14.2. The Morgan fingerprint density at radius 1 is 1.38 bits per heavy atom. The van der Waals surface area contributed by atoms with Crippen LogP contribution >= 0.6 is 0 Å². The van der Waals surface area contributed by atoms with E-state index < -0.39 is 17.8 Å². The predicted octanol–water partition coefficient (Wildman–Crippen LogP) is 0.102. The van der Waals surface area contributed by atoms with Gasteiger partial charge in [0.1, 0.15) is 12.3 Å². The van der Waals surface area contributed by atoms with E-state index in [0.717, 1.165) is 28.2 Å². The SMILES string of the molecule is O=C(CN1C(=O)CNC1=O)N[C@H](c1ccc2c(c1)CCO2)C1CC(O)C1. The number of nitrogens with one attached hydrogen (secondary N) is 2. The van der Waals surface area contributed by atoms with Crippen molar-refractivity contribution in [1.82, 2.24) is 15.5 Å². The van der Waals surface area contributed by atoms with Gasteiger partial charge in [-0.05, 0) is 42.0 Å². The fraction of sp³-hybridized carbons (Fsp3) is 0.500. The molecule has 8 nitrogen and oxygen atoms in total. The van der Waals surface area contributed by atoms with Crippen molar-refractivity contribution in [3.05, 3.63) is 29.3 Å². The first-order valence-corrected chi connectivity index (χ1v) is 8.82. The van der Waals surface area contributed by atoms with Gasteiger partial charge in [-0.25, -0.2) is 4.79 Å². The standard InChI is InChI=1S/C18H21N3O5/c22-13-6-12(7-13)17(11-1-2-14-10(5-11)3-4-26-14)20-15(23)9-21-16(24)8-19-18(21)25/h1-2,5,12-13,17,22H,3-4,6-9H2,(H,19,25)(H,20,23)/t12?,13?,17-/m1/s1. The molecule has 1 saturated heterocycles. The molecular weight excluding hydrogens is 338 g/mol. The first-order chi connectivity index (χ1) is 12.5. The number of benzene rings is 1. The summed E-state index contributed by atoms with van der Waals surface area (Å²) in [4.78, 5) is 36.7. The summed E-state index contributed by atoms with van der Waals surface area (Å²) in [6, 6.07) is 5.05. The van der Waals surface area contributed by atoms with Gasteiger partial charge in [0, 0.05) is 6.42 Å². The number of ether oxygens (including phenoxy) is 1. The van der Waals surface area contributed by atoms with Crippen LogP contribution in [0, 0.1) is 5.92 Å². The lowest BCUT2D eigenvalue weighted by Gasteiger charge is -2.38.